The van der Waals surface area contributed by atoms with E-state index in [1.165, 1.54) is 38.5 Å². The molecule has 0 bridgehead atoms. The van der Waals surface area contributed by atoms with Crippen LogP contribution in [-0.4, -0.2) is 28.8 Å². The van der Waals surface area contributed by atoms with Crippen molar-refractivity contribution in [1.29, 1.82) is 0 Å². The molecular formula is C18H36ClNO. The zero-order valence-corrected chi connectivity index (χ0v) is 15.4. The molecule has 0 aromatic rings. The Kier molecular flexibility index (Phi) is 13.3. The molecule has 0 heterocycles. The molecule has 21 heavy (non-hydrogen) atoms. The molecule has 0 aromatic carbocycles. The molecular weight excluding hydrogens is 282 g/mol. The highest BCUT2D eigenvalue weighted by Crippen LogP contribution is 2.22. The first kappa shape index (κ1) is 20.8. The van der Waals surface area contributed by atoms with Crippen LogP contribution in [-0.2, 0) is 4.79 Å². The molecule has 0 aliphatic heterocycles. The molecule has 0 rings (SSSR count). The predicted octanol–water partition coefficient (Wildman–Crippen LogP) is 5.77. The number of nitrogens with zero attached hydrogens (tertiary/aromatic N) is 1. The summed E-state index contributed by atoms with van der Waals surface area (Å²) in [6.07, 6.45) is 11.7. The summed E-state index contributed by atoms with van der Waals surface area (Å²) < 4.78 is 0. The number of unbranched alkanes of at least 4 members (excludes halogenated alkanes) is 4. The molecule has 0 fully saturated rings. The second kappa shape index (κ2) is 13.4. The molecule has 0 spiro atoms. The van der Waals surface area contributed by atoms with Crippen LogP contribution < -0.4 is 0 Å². The van der Waals surface area contributed by atoms with Crippen LogP contribution in [0.25, 0.3) is 0 Å². The van der Waals surface area contributed by atoms with E-state index in [0.29, 0.717) is 12.1 Å². The first-order chi connectivity index (χ1) is 10.2. The third-order valence-electron chi connectivity index (χ3n) is 4.41. The molecule has 0 aliphatic rings. The van der Waals surface area contributed by atoms with Gasteiger partial charge < -0.3 is 4.90 Å². The molecule has 0 aliphatic carbocycles. The van der Waals surface area contributed by atoms with Gasteiger partial charge >= 0.3 is 0 Å². The second-order valence-electron chi connectivity index (χ2n) is 6.05. The summed E-state index contributed by atoms with van der Waals surface area (Å²) >= 11 is 5.88. The van der Waals surface area contributed by atoms with Crippen molar-refractivity contribution >= 4 is 17.5 Å². The average Bonchev–Trinajstić information content (AvgIpc) is 2.51. The summed E-state index contributed by atoms with van der Waals surface area (Å²) in [5.41, 5.74) is 0. The van der Waals surface area contributed by atoms with Crippen molar-refractivity contribution in [2.45, 2.75) is 104 Å². The van der Waals surface area contributed by atoms with Gasteiger partial charge in [0.2, 0.25) is 5.91 Å². The van der Waals surface area contributed by atoms with Gasteiger partial charge in [0.15, 0.2) is 0 Å². The fraction of sp³-hybridized carbons (Fsp3) is 0.944. The van der Waals surface area contributed by atoms with Crippen molar-refractivity contribution in [3.05, 3.63) is 0 Å². The maximum Gasteiger partial charge on any atom is 0.237 e. The standard InChI is InChI=1S/C18H36ClNO/c1-5-9-11-13-16(7-3)20(18(21)15-19)17(8-4)14-12-10-6-2/h16-17H,5-15H2,1-4H3. The van der Waals surface area contributed by atoms with Crippen LogP contribution in [0.5, 0.6) is 0 Å². The number of alkyl halides is 1. The average molecular weight is 318 g/mol. The van der Waals surface area contributed by atoms with Crippen molar-refractivity contribution in [3.8, 4) is 0 Å². The van der Waals surface area contributed by atoms with Crippen LogP contribution in [0.1, 0.15) is 91.9 Å². The fourth-order valence-electron chi connectivity index (χ4n) is 3.11. The lowest BCUT2D eigenvalue weighted by atomic mass is 9.98. The lowest BCUT2D eigenvalue weighted by Crippen LogP contribution is -2.47. The van der Waals surface area contributed by atoms with Gasteiger partial charge in [-0.05, 0) is 25.7 Å². The number of carbonyl (C=O) groups is 1. The number of rotatable bonds is 13. The minimum atomic E-state index is 0.120. The Balaban J connectivity index is 4.80. The van der Waals surface area contributed by atoms with Crippen LogP contribution in [0, 0.1) is 0 Å². The Morgan fingerprint density at radius 1 is 0.857 bits per heavy atom. The number of amides is 1. The van der Waals surface area contributed by atoms with Crippen LogP contribution in [0.3, 0.4) is 0 Å². The van der Waals surface area contributed by atoms with Gasteiger partial charge in [0, 0.05) is 12.1 Å². The van der Waals surface area contributed by atoms with E-state index in [1.807, 2.05) is 0 Å². The summed E-state index contributed by atoms with van der Waals surface area (Å²) in [6.45, 7) is 8.85. The van der Waals surface area contributed by atoms with Gasteiger partial charge in [0.05, 0.1) is 0 Å². The summed E-state index contributed by atoms with van der Waals surface area (Å²) in [7, 11) is 0. The van der Waals surface area contributed by atoms with E-state index in [-0.39, 0.29) is 11.8 Å². The van der Waals surface area contributed by atoms with Gasteiger partial charge in [-0.25, -0.2) is 0 Å². The summed E-state index contributed by atoms with van der Waals surface area (Å²) in [5.74, 6) is 0.248. The molecule has 0 saturated carbocycles. The first-order valence-corrected chi connectivity index (χ1v) is 9.56. The van der Waals surface area contributed by atoms with Crippen molar-refractivity contribution in [2.24, 2.45) is 0 Å². The van der Waals surface area contributed by atoms with Crippen molar-refractivity contribution < 1.29 is 4.79 Å². The van der Waals surface area contributed by atoms with Crippen LogP contribution in [0.15, 0.2) is 0 Å². The zero-order chi connectivity index (χ0) is 16.1. The summed E-state index contributed by atoms with van der Waals surface area (Å²) in [6, 6.07) is 0.740. The monoisotopic (exact) mass is 317 g/mol. The summed E-state index contributed by atoms with van der Waals surface area (Å²) in [5, 5.41) is 0. The molecule has 0 saturated heterocycles. The van der Waals surface area contributed by atoms with Gasteiger partial charge in [0.1, 0.15) is 5.88 Å². The normalized spacial score (nSPS) is 14.0. The maximum atomic E-state index is 12.4. The lowest BCUT2D eigenvalue weighted by molar-refractivity contribution is -0.134. The van der Waals surface area contributed by atoms with Gasteiger partial charge in [-0.3, -0.25) is 4.79 Å². The quantitative estimate of drug-likeness (QED) is 0.312. The molecule has 0 aromatic heterocycles. The van der Waals surface area contributed by atoms with Gasteiger partial charge in [-0.15, -0.1) is 11.6 Å². The molecule has 0 radical (unpaired) electrons. The fourth-order valence-corrected chi connectivity index (χ4v) is 3.25. The van der Waals surface area contributed by atoms with Gasteiger partial charge in [0.25, 0.3) is 0 Å². The molecule has 2 unspecified atom stereocenters. The van der Waals surface area contributed by atoms with Crippen molar-refractivity contribution in [3.63, 3.8) is 0 Å². The van der Waals surface area contributed by atoms with E-state index < -0.39 is 0 Å². The third-order valence-corrected chi connectivity index (χ3v) is 4.64. The Morgan fingerprint density at radius 2 is 1.29 bits per heavy atom. The van der Waals surface area contributed by atoms with E-state index in [1.54, 1.807) is 0 Å². The van der Waals surface area contributed by atoms with E-state index in [2.05, 4.69) is 32.6 Å². The molecule has 2 atom stereocenters. The smallest absolute Gasteiger partial charge is 0.237 e. The van der Waals surface area contributed by atoms with Gasteiger partial charge in [-0.2, -0.15) is 0 Å². The third kappa shape index (κ3) is 8.09. The van der Waals surface area contributed by atoms with E-state index >= 15 is 0 Å². The first-order valence-electron chi connectivity index (χ1n) is 9.03. The number of halogens is 1. The number of carbonyl (C=O) groups excluding carboxylic acids is 1. The van der Waals surface area contributed by atoms with Crippen LogP contribution in [0.4, 0.5) is 0 Å². The van der Waals surface area contributed by atoms with E-state index in [9.17, 15) is 4.79 Å². The summed E-state index contributed by atoms with van der Waals surface area (Å²) in [4.78, 5) is 14.5. The van der Waals surface area contributed by atoms with Crippen LogP contribution >= 0.6 is 11.6 Å². The zero-order valence-electron chi connectivity index (χ0n) is 14.7. The topological polar surface area (TPSA) is 20.3 Å². The molecule has 2 nitrogen and oxygen atoms in total. The van der Waals surface area contributed by atoms with Crippen LogP contribution in [0.2, 0.25) is 0 Å². The highest BCUT2D eigenvalue weighted by molar-refractivity contribution is 6.27. The van der Waals surface area contributed by atoms with E-state index in [0.717, 1.165) is 25.7 Å². The molecule has 0 N–H and O–H groups in total. The van der Waals surface area contributed by atoms with E-state index in [4.69, 9.17) is 11.6 Å². The minimum absolute atomic E-state index is 0.120. The largest absolute Gasteiger partial charge is 0.336 e. The maximum absolute atomic E-state index is 12.4. The Bertz CT molecular complexity index is 240. The van der Waals surface area contributed by atoms with Crippen molar-refractivity contribution in [2.75, 3.05) is 5.88 Å². The highest BCUT2D eigenvalue weighted by Gasteiger charge is 2.27. The second-order valence-corrected chi connectivity index (χ2v) is 6.32. The minimum Gasteiger partial charge on any atom is -0.336 e. The van der Waals surface area contributed by atoms with Gasteiger partial charge in [-0.1, -0.05) is 66.2 Å². The van der Waals surface area contributed by atoms with Crippen molar-refractivity contribution in [1.82, 2.24) is 4.90 Å². The Hall–Kier alpha value is -0.240. The Labute approximate surface area is 137 Å². The highest BCUT2D eigenvalue weighted by atomic mass is 35.5. The number of hydrogen-bond donors (Lipinski definition) is 0. The SMILES string of the molecule is CCCCCC(CC)N(C(=O)CCl)C(CC)CCCCC. The predicted molar refractivity (Wildman–Crippen MR) is 94.0 cm³/mol. The Morgan fingerprint density at radius 3 is 1.57 bits per heavy atom. The molecule has 3 heteroatoms. The molecule has 1 amide bonds. The number of hydrogen-bond acceptors (Lipinski definition) is 1. The molecule has 126 valence electrons. The lowest BCUT2D eigenvalue weighted by Gasteiger charge is -2.38.